The first-order chi connectivity index (χ1) is 20.5. The molecule has 4 rings (SSSR count). The van der Waals surface area contributed by atoms with Gasteiger partial charge in [0.05, 0.1) is 5.69 Å². The smallest absolute Gasteiger partial charge is 0.354 e. The monoisotopic (exact) mass is 595 g/mol. The van der Waals surface area contributed by atoms with Crippen LogP contribution in [0.3, 0.4) is 0 Å². The highest BCUT2D eigenvalue weighted by atomic mass is 16.7. The first-order valence-corrected chi connectivity index (χ1v) is 13.1. The zero-order chi connectivity index (χ0) is 31.3. The van der Waals surface area contributed by atoms with Gasteiger partial charge in [0.15, 0.2) is 30.2 Å². The number of hydrogen-bond acceptors (Lipinski definition) is 12. The van der Waals surface area contributed by atoms with E-state index >= 15 is 0 Å². The van der Waals surface area contributed by atoms with Crippen LogP contribution in [0.5, 0.6) is 0 Å². The molecule has 226 valence electrons. The maximum atomic E-state index is 14.0. The molecule has 0 aliphatic carbocycles. The summed E-state index contributed by atoms with van der Waals surface area (Å²) in [4.78, 5) is 76.0. The highest BCUT2D eigenvalue weighted by molar-refractivity contribution is 5.68. The van der Waals surface area contributed by atoms with Gasteiger partial charge in [-0.25, -0.2) is 9.36 Å². The molecule has 0 N–H and O–H groups in total. The van der Waals surface area contributed by atoms with E-state index in [2.05, 4.69) is 5.10 Å². The molecule has 14 nitrogen and oxygen atoms in total. The molecule has 1 saturated heterocycles. The summed E-state index contributed by atoms with van der Waals surface area (Å²) in [5.74, 6) is -3.21. The third kappa shape index (κ3) is 7.04. The zero-order valence-corrected chi connectivity index (χ0v) is 23.7. The average Bonchev–Trinajstić information content (AvgIpc) is 2.95. The summed E-state index contributed by atoms with van der Waals surface area (Å²) in [6, 6.07) is 16.3. The Balaban J connectivity index is 2.00. The minimum atomic E-state index is -1.66. The summed E-state index contributed by atoms with van der Waals surface area (Å²) in [6.45, 7) is 3.88. The van der Waals surface area contributed by atoms with E-state index in [4.69, 9.17) is 23.7 Å². The molecule has 1 aliphatic heterocycles. The Bertz CT molecular complexity index is 1620. The molecule has 2 aromatic carbocycles. The fourth-order valence-corrected chi connectivity index (χ4v) is 4.64. The number of aromatic nitrogens is 3. The molecule has 5 atom stereocenters. The van der Waals surface area contributed by atoms with Gasteiger partial charge in [-0.15, -0.1) is 0 Å². The Kier molecular flexibility index (Phi) is 9.50. The first-order valence-electron chi connectivity index (χ1n) is 13.1. The molecule has 0 spiro atoms. The van der Waals surface area contributed by atoms with Gasteiger partial charge in [-0.05, 0) is 12.1 Å². The Morgan fingerprint density at radius 3 is 1.84 bits per heavy atom. The highest BCUT2D eigenvalue weighted by Crippen LogP contribution is 2.34. The van der Waals surface area contributed by atoms with Crippen molar-refractivity contribution >= 4 is 23.9 Å². The summed E-state index contributed by atoms with van der Waals surface area (Å²) in [5, 5.41) is 4.34. The van der Waals surface area contributed by atoms with Gasteiger partial charge in [0.2, 0.25) is 0 Å². The van der Waals surface area contributed by atoms with Gasteiger partial charge in [-0.1, -0.05) is 48.5 Å². The van der Waals surface area contributed by atoms with Gasteiger partial charge in [-0.2, -0.15) is 9.78 Å². The predicted molar refractivity (Wildman–Crippen MR) is 147 cm³/mol. The second-order valence-electron chi connectivity index (χ2n) is 9.51. The Morgan fingerprint density at radius 1 is 0.744 bits per heavy atom. The largest absolute Gasteiger partial charge is 0.463 e. The SMILES string of the molecule is CC(=O)OCC1OC(n2nc(-c3ccccc3)c(=O)n(-c3ccccc3)c2=O)C(OC(C)=O)C(OC(C)=O)C1OC(C)=O. The molecule has 0 radical (unpaired) electrons. The van der Waals surface area contributed by atoms with E-state index in [1.807, 2.05) is 0 Å². The molecule has 14 heteroatoms. The van der Waals surface area contributed by atoms with Crippen LogP contribution in [0.2, 0.25) is 0 Å². The summed E-state index contributed by atoms with van der Waals surface area (Å²) >= 11 is 0. The van der Waals surface area contributed by atoms with Crippen molar-refractivity contribution < 1.29 is 42.9 Å². The van der Waals surface area contributed by atoms with E-state index in [1.54, 1.807) is 48.5 Å². The van der Waals surface area contributed by atoms with E-state index in [0.717, 1.165) is 36.9 Å². The minimum absolute atomic E-state index is 0.156. The van der Waals surface area contributed by atoms with Crippen molar-refractivity contribution in [1.29, 1.82) is 0 Å². The standard InChI is InChI=1S/C29H29N3O11/c1-16(33)39-15-22-24(40-17(2)34)25(41-18(3)35)26(42-19(4)36)28(43-22)32-29(38)31(21-13-9-6-10-14-21)27(37)23(30-32)20-11-7-5-8-12-20/h5-14,22,24-26,28H,15H2,1-4H3. The van der Waals surface area contributed by atoms with Crippen molar-refractivity contribution in [1.82, 2.24) is 14.3 Å². The van der Waals surface area contributed by atoms with Gasteiger partial charge < -0.3 is 23.7 Å². The molecule has 3 aromatic rings. The van der Waals surface area contributed by atoms with Crippen LogP contribution in [0.15, 0.2) is 70.3 Å². The lowest BCUT2D eigenvalue weighted by atomic mass is 9.97. The molecule has 0 saturated carbocycles. The highest BCUT2D eigenvalue weighted by Gasteiger charge is 2.53. The van der Waals surface area contributed by atoms with Gasteiger partial charge in [-0.3, -0.25) is 24.0 Å². The van der Waals surface area contributed by atoms with Crippen molar-refractivity contribution in [3.8, 4) is 16.9 Å². The Labute approximate surface area is 244 Å². The molecule has 5 unspecified atom stereocenters. The summed E-state index contributed by atoms with van der Waals surface area (Å²) < 4.78 is 29.3. The predicted octanol–water partition coefficient (Wildman–Crippen LogP) is 1.32. The molecule has 2 heterocycles. The Hall–Kier alpha value is -5.11. The number of esters is 4. The van der Waals surface area contributed by atoms with Crippen molar-refractivity contribution in [2.75, 3.05) is 6.61 Å². The Morgan fingerprint density at radius 2 is 1.28 bits per heavy atom. The van der Waals surface area contributed by atoms with Gasteiger partial charge in [0.1, 0.15) is 12.7 Å². The van der Waals surface area contributed by atoms with Gasteiger partial charge in [0, 0.05) is 33.3 Å². The lowest BCUT2D eigenvalue weighted by molar-refractivity contribution is -0.271. The van der Waals surface area contributed by atoms with Gasteiger partial charge in [0.25, 0.3) is 5.56 Å². The maximum absolute atomic E-state index is 14.0. The van der Waals surface area contributed by atoms with E-state index in [9.17, 15) is 28.8 Å². The maximum Gasteiger partial charge on any atom is 0.354 e. The molecule has 1 fully saturated rings. The first kappa shape index (κ1) is 30.8. The van der Waals surface area contributed by atoms with Crippen LogP contribution in [0.25, 0.3) is 16.9 Å². The fraction of sp³-hybridized carbons (Fsp3) is 0.345. The van der Waals surface area contributed by atoms with Crippen LogP contribution in [0.1, 0.15) is 33.9 Å². The average molecular weight is 596 g/mol. The van der Waals surface area contributed by atoms with Crippen LogP contribution >= 0.6 is 0 Å². The normalized spacial score (nSPS) is 21.3. The fourth-order valence-electron chi connectivity index (χ4n) is 4.64. The topological polar surface area (TPSA) is 171 Å². The van der Waals surface area contributed by atoms with Crippen LogP contribution in [0.4, 0.5) is 0 Å². The number of rotatable bonds is 8. The molecule has 1 aromatic heterocycles. The minimum Gasteiger partial charge on any atom is -0.463 e. The van der Waals surface area contributed by atoms with Crippen LogP contribution in [-0.4, -0.2) is 69.2 Å². The quantitative estimate of drug-likeness (QED) is 0.271. The van der Waals surface area contributed by atoms with E-state index in [-0.39, 0.29) is 11.4 Å². The molecular weight excluding hydrogens is 566 g/mol. The molecular formula is C29H29N3O11. The molecule has 1 aliphatic rings. The summed E-state index contributed by atoms with van der Waals surface area (Å²) in [7, 11) is 0. The van der Waals surface area contributed by atoms with E-state index < -0.39 is 72.4 Å². The van der Waals surface area contributed by atoms with Crippen molar-refractivity contribution in [3.05, 3.63) is 81.5 Å². The number of carbonyl (C=O) groups excluding carboxylic acids is 4. The third-order valence-electron chi connectivity index (χ3n) is 6.27. The number of nitrogens with zero attached hydrogens (tertiary/aromatic N) is 3. The van der Waals surface area contributed by atoms with Crippen LogP contribution < -0.4 is 11.2 Å². The van der Waals surface area contributed by atoms with Crippen LogP contribution in [0, 0.1) is 0 Å². The summed E-state index contributed by atoms with van der Waals surface area (Å²) in [5.41, 5.74) is -1.33. The van der Waals surface area contributed by atoms with E-state index in [1.165, 1.54) is 12.1 Å². The zero-order valence-electron chi connectivity index (χ0n) is 23.7. The van der Waals surface area contributed by atoms with Gasteiger partial charge >= 0.3 is 29.6 Å². The lowest BCUT2D eigenvalue weighted by Gasteiger charge is -2.44. The lowest BCUT2D eigenvalue weighted by Crippen LogP contribution is -2.62. The molecule has 0 bridgehead atoms. The second kappa shape index (κ2) is 13.2. The number of carbonyl (C=O) groups is 4. The van der Waals surface area contributed by atoms with Crippen LogP contribution in [-0.2, 0) is 42.9 Å². The van der Waals surface area contributed by atoms with Crippen molar-refractivity contribution in [2.45, 2.75) is 58.3 Å². The molecule has 0 amide bonds. The number of hydrogen-bond donors (Lipinski definition) is 0. The summed E-state index contributed by atoms with van der Waals surface area (Å²) in [6.07, 6.45) is -7.60. The third-order valence-corrected chi connectivity index (χ3v) is 6.27. The van der Waals surface area contributed by atoms with Crippen molar-refractivity contribution in [2.24, 2.45) is 0 Å². The van der Waals surface area contributed by atoms with E-state index in [0.29, 0.717) is 5.56 Å². The molecule has 43 heavy (non-hydrogen) atoms. The van der Waals surface area contributed by atoms with Crippen molar-refractivity contribution in [3.63, 3.8) is 0 Å². The second-order valence-corrected chi connectivity index (χ2v) is 9.51. The number of benzene rings is 2. The number of para-hydroxylation sites is 1. The number of ether oxygens (including phenoxy) is 5.